The molecule has 4 rings (SSSR count). The van der Waals surface area contributed by atoms with Crippen LogP contribution in [-0.2, 0) is 19.1 Å². The maximum Gasteiger partial charge on any atom is 0.326 e. The van der Waals surface area contributed by atoms with E-state index in [0.29, 0.717) is 28.3 Å². The number of fused-ring (bicyclic) bond motifs is 1. The zero-order chi connectivity index (χ0) is 25.5. The van der Waals surface area contributed by atoms with Gasteiger partial charge in [0.05, 0.1) is 38.3 Å². The summed E-state index contributed by atoms with van der Waals surface area (Å²) < 4.78 is 16.0. The molecule has 184 valence electrons. The molecule has 0 bridgehead atoms. The van der Waals surface area contributed by atoms with Crippen molar-refractivity contribution in [2.75, 3.05) is 25.7 Å². The average Bonchev–Trinajstić information content (AvgIpc) is 3.32. The van der Waals surface area contributed by atoms with Crippen molar-refractivity contribution in [3.63, 3.8) is 0 Å². The molecule has 35 heavy (non-hydrogen) atoms. The van der Waals surface area contributed by atoms with Crippen LogP contribution < -0.4 is 19.7 Å². The fourth-order valence-corrected chi connectivity index (χ4v) is 5.06. The zero-order valence-corrected chi connectivity index (χ0v) is 20.3. The van der Waals surface area contributed by atoms with Crippen molar-refractivity contribution in [3.8, 4) is 11.5 Å². The Hall–Kier alpha value is -3.72. The van der Waals surface area contributed by atoms with Crippen molar-refractivity contribution >= 4 is 29.3 Å². The summed E-state index contributed by atoms with van der Waals surface area (Å²) in [5.41, 5.74) is -0.119. The molecule has 2 amide bonds. The Morgan fingerprint density at radius 1 is 1.03 bits per heavy atom. The first-order chi connectivity index (χ1) is 16.7. The number of anilines is 1. The van der Waals surface area contributed by atoms with E-state index in [2.05, 4.69) is 5.32 Å². The van der Waals surface area contributed by atoms with Crippen LogP contribution in [-0.4, -0.2) is 49.9 Å². The highest BCUT2D eigenvalue weighted by atomic mass is 16.5. The molecule has 0 aromatic heterocycles. The first-order valence-electron chi connectivity index (χ1n) is 11.3. The van der Waals surface area contributed by atoms with Gasteiger partial charge in [-0.25, -0.2) is 4.90 Å². The Kier molecular flexibility index (Phi) is 6.38. The minimum Gasteiger partial charge on any atom is -0.493 e. The molecule has 9 nitrogen and oxygen atoms in total. The SMILES string of the molecule is CCOC(=O)[C@]1(C)N[C@H](c2ccc(OC)c(OC)c2)[C@@H]2C(=O)N(c3cccc(C(C)=O)c3)C(=O)[C@@H]21. The summed E-state index contributed by atoms with van der Waals surface area (Å²) in [6.45, 7) is 4.81. The number of nitrogens with zero attached hydrogens (tertiary/aromatic N) is 1. The number of rotatable bonds is 7. The van der Waals surface area contributed by atoms with Gasteiger partial charge < -0.3 is 14.2 Å². The molecular weight excluding hydrogens is 452 g/mol. The molecule has 2 aliphatic rings. The number of esters is 1. The molecule has 2 aliphatic heterocycles. The number of ketones is 1. The van der Waals surface area contributed by atoms with E-state index in [9.17, 15) is 19.2 Å². The van der Waals surface area contributed by atoms with E-state index in [0.717, 1.165) is 4.90 Å². The number of ether oxygens (including phenoxy) is 3. The third kappa shape index (κ3) is 3.85. The molecule has 2 aromatic rings. The van der Waals surface area contributed by atoms with Crippen molar-refractivity contribution in [1.82, 2.24) is 5.32 Å². The quantitative estimate of drug-likeness (QED) is 0.366. The monoisotopic (exact) mass is 480 g/mol. The van der Waals surface area contributed by atoms with Gasteiger partial charge in [-0.15, -0.1) is 0 Å². The normalized spacial score (nSPS) is 25.4. The van der Waals surface area contributed by atoms with Crippen LogP contribution in [0.1, 0.15) is 42.7 Å². The van der Waals surface area contributed by atoms with E-state index in [1.807, 2.05) is 0 Å². The Balaban J connectivity index is 1.83. The van der Waals surface area contributed by atoms with Crippen LogP contribution in [0.5, 0.6) is 11.5 Å². The van der Waals surface area contributed by atoms with Gasteiger partial charge in [-0.1, -0.05) is 18.2 Å². The smallest absolute Gasteiger partial charge is 0.326 e. The van der Waals surface area contributed by atoms with Crippen molar-refractivity contribution in [3.05, 3.63) is 53.6 Å². The van der Waals surface area contributed by atoms with E-state index < -0.39 is 41.2 Å². The van der Waals surface area contributed by atoms with Crippen LogP contribution in [0, 0.1) is 11.8 Å². The molecule has 0 unspecified atom stereocenters. The minimum absolute atomic E-state index is 0.126. The van der Waals surface area contributed by atoms with Crippen LogP contribution in [0.4, 0.5) is 5.69 Å². The Morgan fingerprint density at radius 3 is 2.37 bits per heavy atom. The fourth-order valence-electron chi connectivity index (χ4n) is 5.06. The largest absolute Gasteiger partial charge is 0.493 e. The number of methoxy groups -OCH3 is 2. The van der Waals surface area contributed by atoms with E-state index in [1.165, 1.54) is 27.2 Å². The number of nitrogens with one attached hydrogen (secondary N) is 1. The summed E-state index contributed by atoms with van der Waals surface area (Å²) >= 11 is 0. The summed E-state index contributed by atoms with van der Waals surface area (Å²) in [7, 11) is 3.02. The van der Waals surface area contributed by atoms with E-state index in [1.54, 1.807) is 50.2 Å². The Bertz CT molecular complexity index is 1210. The molecular formula is C26H28N2O7. The fraction of sp³-hybridized carbons (Fsp3) is 0.385. The highest BCUT2D eigenvalue weighted by Gasteiger charge is 2.67. The molecule has 2 saturated heterocycles. The minimum atomic E-state index is -1.45. The summed E-state index contributed by atoms with van der Waals surface area (Å²) in [5.74, 6) is -2.70. The summed E-state index contributed by atoms with van der Waals surface area (Å²) in [6, 6.07) is 10.9. The number of amides is 2. The number of Topliss-reactive ketones (excluding diaryl/α,β-unsaturated/α-hetero) is 1. The lowest BCUT2D eigenvalue weighted by Gasteiger charge is -2.29. The van der Waals surface area contributed by atoms with Gasteiger partial charge in [0, 0.05) is 11.6 Å². The molecule has 0 radical (unpaired) electrons. The lowest BCUT2D eigenvalue weighted by molar-refractivity contribution is -0.153. The second kappa shape index (κ2) is 9.14. The number of carbonyl (C=O) groups is 4. The van der Waals surface area contributed by atoms with Gasteiger partial charge >= 0.3 is 5.97 Å². The number of hydrogen-bond donors (Lipinski definition) is 1. The Morgan fingerprint density at radius 2 is 1.74 bits per heavy atom. The second-order valence-corrected chi connectivity index (χ2v) is 8.78. The highest BCUT2D eigenvalue weighted by molar-refractivity contribution is 6.24. The first-order valence-corrected chi connectivity index (χ1v) is 11.3. The van der Waals surface area contributed by atoms with E-state index in [4.69, 9.17) is 14.2 Å². The van der Waals surface area contributed by atoms with Crippen LogP contribution in [0.15, 0.2) is 42.5 Å². The maximum absolute atomic E-state index is 13.8. The topological polar surface area (TPSA) is 111 Å². The zero-order valence-electron chi connectivity index (χ0n) is 20.3. The van der Waals surface area contributed by atoms with E-state index >= 15 is 0 Å². The predicted octanol–water partition coefficient (Wildman–Crippen LogP) is 2.68. The Labute approximate surface area is 203 Å². The highest BCUT2D eigenvalue weighted by Crippen LogP contribution is 2.50. The summed E-state index contributed by atoms with van der Waals surface area (Å²) in [4.78, 5) is 53.6. The van der Waals surface area contributed by atoms with Gasteiger partial charge in [0.2, 0.25) is 11.8 Å². The van der Waals surface area contributed by atoms with Crippen molar-refractivity contribution in [2.45, 2.75) is 32.4 Å². The van der Waals surface area contributed by atoms with Crippen molar-refractivity contribution < 1.29 is 33.4 Å². The van der Waals surface area contributed by atoms with Gasteiger partial charge in [0.25, 0.3) is 0 Å². The van der Waals surface area contributed by atoms with Crippen LogP contribution >= 0.6 is 0 Å². The lowest BCUT2D eigenvalue weighted by atomic mass is 9.80. The average molecular weight is 481 g/mol. The molecule has 2 heterocycles. The molecule has 4 atom stereocenters. The number of carbonyl (C=O) groups excluding carboxylic acids is 4. The van der Waals surface area contributed by atoms with Gasteiger partial charge in [-0.2, -0.15) is 0 Å². The third-order valence-electron chi connectivity index (χ3n) is 6.76. The molecule has 1 N–H and O–H groups in total. The first kappa shape index (κ1) is 24.4. The number of hydrogen-bond acceptors (Lipinski definition) is 8. The maximum atomic E-state index is 13.8. The van der Waals surface area contributed by atoms with Crippen LogP contribution in [0.2, 0.25) is 0 Å². The van der Waals surface area contributed by atoms with Crippen LogP contribution in [0.3, 0.4) is 0 Å². The summed E-state index contributed by atoms with van der Waals surface area (Å²) in [5, 5.41) is 3.23. The second-order valence-electron chi connectivity index (χ2n) is 8.78. The predicted molar refractivity (Wildman–Crippen MR) is 126 cm³/mol. The van der Waals surface area contributed by atoms with Gasteiger partial charge in [0.15, 0.2) is 17.3 Å². The van der Waals surface area contributed by atoms with E-state index in [-0.39, 0.29) is 12.4 Å². The molecule has 0 spiro atoms. The molecule has 2 fully saturated rings. The van der Waals surface area contributed by atoms with Gasteiger partial charge in [-0.05, 0) is 50.6 Å². The molecule has 9 heteroatoms. The molecule has 0 saturated carbocycles. The van der Waals surface area contributed by atoms with Crippen LogP contribution in [0.25, 0.3) is 0 Å². The number of imide groups is 1. The van der Waals surface area contributed by atoms with Crippen molar-refractivity contribution in [1.29, 1.82) is 0 Å². The van der Waals surface area contributed by atoms with Crippen molar-refractivity contribution in [2.24, 2.45) is 11.8 Å². The third-order valence-corrected chi connectivity index (χ3v) is 6.76. The standard InChI is InChI=1S/C26H28N2O7/c1-6-35-25(32)26(3)21-20(22(27-26)16-10-11-18(33-4)19(13-16)34-5)23(30)28(24(21)31)17-9-7-8-15(12-17)14(2)29/h7-13,20-22,27H,6H2,1-5H3/t20-,21-,22-,26-/m1/s1. The van der Waals surface area contributed by atoms with Gasteiger partial charge in [0.1, 0.15) is 5.54 Å². The molecule has 0 aliphatic carbocycles. The molecule has 2 aromatic carbocycles. The van der Waals surface area contributed by atoms with Gasteiger partial charge in [-0.3, -0.25) is 24.5 Å². The lowest BCUT2D eigenvalue weighted by Crippen LogP contribution is -2.54. The number of benzene rings is 2. The summed E-state index contributed by atoms with van der Waals surface area (Å²) in [6.07, 6.45) is 0.